The summed E-state index contributed by atoms with van der Waals surface area (Å²) in [4.78, 5) is 30.5. The number of methoxy groups -OCH3 is 1. The maximum Gasteiger partial charge on any atom is 0.229 e. The number of aromatic nitrogens is 1. The van der Waals surface area contributed by atoms with Crippen LogP contribution in [0, 0.1) is 0 Å². The maximum absolute atomic E-state index is 12.0. The molecule has 3 rings (SSSR count). The van der Waals surface area contributed by atoms with Crippen molar-refractivity contribution in [2.75, 3.05) is 25.1 Å². The van der Waals surface area contributed by atoms with Crippen molar-refractivity contribution in [3.05, 3.63) is 35.2 Å². The lowest BCUT2D eigenvalue weighted by molar-refractivity contribution is 0.0916. The average molecular weight is 258 g/mol. The van der Waals surface area contributed by atoms with Gasteiger partial charge in [-0.3, -0.25) is 9.59 Å². The van der Waals surface area contributed by atoms with Crippen LogP contribution >= 0.6 is 0 Å². The van der Waals surface area contributed by atoms with Gasteiger partial charge in [0.1, 0.15) is 5.82 Å². The number of ether oxygens (including phenoxy) is 1. The molecule has 5 nitrogen and oxygen atoms in total. The zero-order valence-electron chi connectivity index (χ0n) is 10.7. The molecule has 0 spiro atoms. The van der Waals surface area contributed by atoms with Crippen LogP contribution in [0.15, 0.2) is 24.1 Å². The number of carbonyl (C=O) groups excluding carboxylic acids is 2. The SMILES string of the molecule is COC1=CC(=O)c2cc(N3CCCC3)ncc2C1=O. The van der Waals surface area contributed by atoms with Gasteiger partial charge in [-0.1, -0.05) is 0 Å². The number of Topliss-reactive ketones (excluding diaryl/α,β-unsaturated/α-hetero) is 1. The van der Waals surface area contributed by atoms with Crippen LogP contribution in [0.4, 0.5) is 5.82 Å². The van der Waals surface area contributed by atoms with E-state index in [0.29, 0.717) is 11.1 Å². The number of anilines is 1. The highest BCUT2D eigenvalue weighted by atomic mass is 16.5. The number of carbonyl (C=O) groups is 2. The van der Waals surface area contributed by atoms with E-state index in [2.05, 4.69) is 9.88 Å². The van der Waals surface area contributed by atoms with Crippen molar-refractivity contribution in [1.29, 1.82) is 0 Å². The summed E-state index contributed by atoms with van der Waals surface area (Å²) in [7, 11) is 1.38. The Morgan fingerprint density at radius 3 is 2.63 bits per heavy atom. The zero-order chi connectivity index (χ0) is 13.4. The van der Waals surface area contributed by atoms with Crippen LogP contribution < -0.4 is 4.90 Å². The molecule has 1 saturated heterocycles. The molecule has 1 aromatic heterocycles. The van der Waals surface area contributed by atoms with Crippen molar-refractivity contribution in [3.63, 3.8) is 0 Å². The molecule has 0 saturated carbocycles. The monoisotopic (exact) mass is 258 g/mol. The summed E-state index contributed by atoms with van der Waals surface area (Å²) < 4.78 is 4.91. The van der Waals surface area contributed by atoms with Crippen molar-refractivity contribution < 1.29 is 14.3 Å². The van der Waals surface area contributed by atoms with Crippen molar-refractivity contribution in [2.45, 2.75) is 12.8 Å². The number of allylic oxidation sites excluding steroid dienone is 2. The van der Waals surface area contributed by atoms with E-state index in [1.165, 1.54) is 19.4 Å². The third kappa shape index (κ3) is 1.91. The second-order valence-corrected chi connectivity index (χ2v) is 4.69. The van der Waals surface area contributed by atoms with Gasteiger partial charge in [0.15, 0.2) is 11.5 Å². The number of nitrogens with zero attached hydrogens (tertiary/aromatic N) is 2. The third-order valence-electron chi connectivity index (χ3n) is 3.54. The van der Waals surface area contributed by atoms with E-state index in [1.807, 2.05) is 0 Å². The number of fused-ring (bicyclic) bond motifs is 1. The van der Waals surface area contributed by atoms with Crippen LogP contribution in [0.1, 0.15) is 33.6 Å². The van der Waals surface area contributed by atoms with E-state index < -0.39 is 0 Å². The van der Waals surface area contributed by atoms with Crippen LogP contribution in [0.25, 0.3) is 0 Å². The number of rotatable bonds is 2. The third-order valence-corrected chi connectivity index (χ3v) is 3.54. The van der Waals surface area contributed by atoms with Crippen LogP contribution in [0.5, 0.6) is 0 Å². The molecule has 0 radical (unpaired) electrons. The summed E-state index contributed by atoms with van der Waals surface area (Å²) >= 11 is 0. The molecule has 1 aromatic rings. The van der Waals surface area contributed by atoms with Gasteiger partial charge in [-0.15, -0.1) is 0 Å². The van der Waals surface area contributed by atoms with Gasteiger partial charge in [0.25, 0.3) is 0 Å². The van der Waals surface area contributed by atoms with E-state index >= 15 is 0 Å². The van der Waals surface area contributed by atoms with Gasteiger partial charge >= 0.3 is 0 Å². The molecule has 2 aliphatic rings. The summed E-state index contributed by atoms with van der Waals surface area (Å²) in [5.74, 6) is 0.367. The number of hydrogen-bond acceptors (Lipinski definition) is 5. The van der Waals surface area contributed by atoms with Gasteiger partial charge in [0, 0.05) is 30.9 Å². The first-order valence-electron chi connectivity index (χ1n) is 6.30. The molecule has 1 aliphatic carbocycles. The Hall–Kier alpha value is -2.17. The number of ketones is 2. The summed E-state index contributed by atoms with van der Waals surface area (Å²) in [6, 6.07) is 1.71. The fourth-order valence-corrected chi connectivity index (χ4v) is 2.50. The van der Waals surface area contributed by atoms with Crippen LogP contribution in [-0.2, 0) is 4.74 Å². The number of hydrogen-bond donors (Lipinski definition) is 0. The molecular formula is C14H14N2O3. The minimum atomic E-state index is -0.280. The Bertz CT molecular complexity index is 586. The smallest absolute Gasteiger partial charge is 0.229 e. The Morgan fingerprint density at radius 2 is 1.95 bits per heavy atom. The molecule has 0 bridgehead atoms. The lowest BCUT2D eigenvalue weighted by atomic mass is 9.95. The topological polar surface area (TPSA) is 59.5 Å². The Labute approximate surface area is 110 Å². The minimum Gasteiger partial charge on any atom is -0.492 e. The highest BCUT2D eigenvalue weighted by molar-refractivity contribution is 6.23. The van der Waals surface area contributed by atoms with Crippen molar-refractivity contribution in [3.8, 4) is 0 Å². The quantitative estimate of drug-likeness (QED) is 0.806. The summed E-state index contributed by atoms with van der Waals surface area (Å²) in [6.45, 7) is 1.90. The maximum atomic E-state index is 12.0. The van der Waals surface area contributed by atoms with Crippen molar-refractivity contribution in [2.24, 2.45) is 0 Å². The van der Waals surface area contributed by atoms with Crippen LogP contribution in [0.2, 0.25) is 0 Å². The lowest BCUT2D eigenvalue weighted by Gasteiger charge is -2.19. The molecule has 2 heterocycles. The molecule has 0 unspecified atom stereocenters. The summed E-state index contributed by atoms with van der Waals surface area (Å²) in [6.07, 6.45) is 5.01. The predicted molar refractivity (Wildman–Crippen MR) is 69.4 cm³/mol. The second kappa shape index (κ2) is 4.50. The summed E-state index contributed by atoms with van der Waals surface area (Å²) in [5.41, 5.74) is 0.745. The van der Waals surface area contributed by atoms with Gasteiger partial charge < -0.3 is 9.64 Å². The van der Waals surface area contributed by atoms with Crippen molar-refractivity contribution >= 4 is 17.4 Å². The molecule has 19 heavy (non-hydrogen) atoms. The molecule has 0 aromatic carbocycles. The number of pyridine rings is 1. The molecule has 5 heteroatoms. The van der Waals surface area contributed by atoms with Crippen molar-refractivity contribution in [1.82, 2.24) is 4.98 Å². The predicted octanol–water partition coefficient (Wildman–Crippen LogP) is 1.59. The Kier molecular flexibility index (Phi) is 2.81. The van der Waals surface area contributed by atoms with Crippen LogP contribution in [-0.4, -0.2) is 36.7 Å². The van der Waals surface area contributed by atoms with E-state index in [0.717, 1.165) is 31.7 Å². The van der Waals surface area contributed by atoms with Gasteiger partial charge in [-0.25, -0.2) is 4.98 Å². The molecule has 0 N–H and O–H groups in total. The first-order valence-corrected chi connectivity index (χ1v) is 6.30. The van der Waals surface area contributed by atoms with Gasteiger partial charge in [0.05, 0.1) is 12.7 Å². The fraction of sp³-hybridized carbons (Fsp3) is 0.357. The first-order chi connectivity index (χ1) is 9.20. The van der Waals surface area contributed by atoms with E-state index in [-0.39, 0.29) is 17.3 Å². The minimum absolute atomic E-state index is 0.0771. The largest absolute Gasteiger partial charge is 0.492 e. The normalized spacial score (nSPS) is 18.4. The fourth-order valence-electron chi connectivity index (χ4n) is 2.50. The summed E-state index contributed by atoms with van der Waals surface area (Å²) in [5, 5.41) is 0. The van der Waals surface area contributed by atoms with E-state index in [9.17, 15) is 9.59 Å². The molecule has 1 fully saturated rings. The van der Waals surface area contributed by atoms with Gasteiger partial charge in [-0.05, 0) is 18.9 Å². The molecule has 98 valence electrons. The first kappa shape index (κ1) is 11.9. The molecule has 0 amide bonds. The molecule has 1 aliphatic heterocycles. The Balaban J connectivity index is 2.02. The highest BCUT2D eigenvalue weighted by Gasteiger charge is 2.28. The van der Waals surface area contributed by atoms with Crippen LogP contribution in [0.3, 0.4) is 0 Å². The van der Waals surface area contributed by atoms with E-state index in [4.69, 9.17) is 4.74 Å². The Morgan fingerprint density at radius 1 is 1.21 bits per heavy atom. The second-order valence-electron chi connectivity index (χ2n) is 4.69. The zero-order valence-corrected chi connectivity index (χ0v) is 10.7. The molecular weight excluding hydrogens is 244 g/mol. The van der Waals surface area contributed by atoms with Gasteiger partial charge in [0.2, 0.25) is 5.78 Å². The lowest BCUT2D eigenvalue weighted by Crippen LogP contribution is -2.23. The molecule has 0 atom stereocenters. The van der Waals surface area contributed by atoms with E-state index in [1.54, 1.807) is 6.07 Å². The average Bonchev–Trinajstić information content (AvgIpc) is 2.96. The standard InChI is InChI=1S/C14H14N2O3/c1-19-12-7-11(17)9-6-13(16-4-2-3-5-16)15-8-10(9)14(12)18/h6-8H,2-5H2,1H3. The van der Waals surface area contributed by atoms with Gasteiger partial charge in [-0.2, -0.15) is 0 Å². The highest BCUT2D eigenvalue weighted by Crippen LogP contribution is 2.26.